The van der Waals surface area contributed by atoms with Crippen molar-refractivity contribution in [2.75, 3.05) is 5.32 Å². The van der Waals surface area contributed by atoms with Gasteiger partial charge in [0.25, 0.3) is 11.8 Å². The van der Waals surface area contributed by atoms with E-state index >= 15 is 0 Å². The third kappa shape index (κ3) is 4.30. The van der Waals surface area contributed by atoms with Crippen LogP contribution in [0, 0.1) is 0 Å². The van der Waals surface area contributed by atoms with Gasteiger partial charge in [0.05, 0.1) is 6.26 Å². The maximum absolute atomic E-state index is 12.4. The lowest BCUT2D eigenvalue weighted by atomic mass is 10.2. The van der Waals surface area contributed by atoms with Crippen molar-refractivity contribution in [3.8, 4) is 0 Å². The van der Waals surface area contributed by atoms with Crippen molar-refractivity contribution in [3.63, 3.8) is 0 Å². The highest BCUT2D eigenvalue weighted by Gasteiger charge is 2.19. The van der Waals surface area contributed by atoms with Gasteiger partial charge in [0.1, 0.15) is 10.6 Å². The van der Waals surface area contributed by atoms with Crippen LogP contribution in [0.1, 0.15) is 26.6 Å². The van der Waals surface area contributed by atoms with Gasteiger partial charge in [-0.3, -0.25) is 9.59 Å². The van der Waals surface area contributed by atoms with Crippen molar-refractivity contribution in [3.05, 3.63) is 71.9 Å². The maximum atomic E-state index is 12.4. The number of nitrogens with two attached hydrogens (primary N) is 1. The quantitative estimate of drug-likeness (QED) is 0.549. The second-order valence-electron chi connectivity index (χ2n) is 5.99. The lowest BCUT2D eigenvalue weighted by molar-refractivity contribution is 0.0986. The lowest BCUT2D eigenvalue weighted by Crippen LogP contribution is -2.23. The first kappa shape index (κ1) is 19.4. The minimum atomic E-state index is -3.81. The summed E-state index contributed by atoms with van der Waals surface area (Å²) in [5, 5.41) is 2.67. The van der Waals surface area contributed by atoms with E-state index in [9.17, 15) is 18.0 Å². The van der Waals surface area contributed by atoms with Crippen molar-refractivity contribution >= 4 is 27.5 Å². The van der Waals surface area contributed by atoms with Crippen LogP contribution in [0.15, 0.2) is 64.2 Å². The molecule has 0 saturated carbocycles. The summed E-state index contributed by atoms with van der Waals surface area (Å²) in [6.07, 6.45) is 2.72. The SMILES string of the molecule is Cn1cc(S(=O)(=O)NCc2ccc(NC(=O)c3ccco3)cc2)cc1C(N)=O. The second-order valence-corrected chi connectivity index (χ2v) is 7.76. The molecule has 3 rings (SSSR count). The molecule has 0 unspecified atom stereocenters. The third-order valence-electron chi connectivity index (χ3n) is 3.97. The Labute approximate surface area is 161 Å². The Morgan fingerprint density at radius 1 is 1.18 bits per heavy atom. The molecule has 2 aromatic heterocycles. The number of hydrogen-bond donors (Lipinski definition) is 3. The summed E-state index contributed by atoms with van der Waals surface area (Å²) in [5.41, 5.74) is 6.53. The van der Waals surface area contributed by atoms with Crippen molar-refractivity contribution in [1.82, 2.24) is 9.29 Å². The van der Waals surface area contributed by atoms with Gasteiger partial charge in [-0.25, -0.2) is 13.1 Å². The molecule has 0 atom stereocenters. The van der Waals surface area contributed by atoms with Gasteiger partial charge in [0.2, 0.25) is 10.0 Å². The molecule has 0 aliphatic heterocycles. The molecule has 28 heavy (non-hydrogen) atoms. The number of benzene rings is 1. The van der Waals surface area contributed by atoms with Crippen LogP contribution < -0.4 is 15.8 Å². The number of anilines is 1. The van der Waals surface area contributed by atoms with E-state index in [-0.39, 0.29) is 28.8 Å². The highest BCUT2D eigenvalue weighted by atomic mass is 32.2. The number of aromatic nitrogens is 1. The van der Waals surface area contributed by atoms with Crippen molar-refractivity contribution in [2.24, 2.45) is 12.8 Å². The fourth-order valence-electron chi connectivity index (χ4n) is 2.49. The molecule has 0 bridgehead atoms. The van der Waals surface area contributed by atoms with Gasteiger partial charge in [-0.1, -0.05) is 12.1 Å². The predicted octanol–water partition coefficient (Wildman–Crippen LogP) is 1.45. The summed E-state index contributed by atoms with van der Waals surface area (Å²) in [6, 6.07) is 11.0. The molecule has 0 aliphatic rings. The number of nitrogens with one attached hydrogen (secondary N) is 2. The number of rotatable bonds is 7. The van der Waals surface area contributed by atoms with Gasteiger partial charge in [0, 0.05) is 25.5 Å². The highest BCUT2D eigenvalue weighted by molar-refractivity contribution is 7.89. The van der Waals surface area contributed by atoms with E-state index < -0.39 is 15.9 Å². The van der Waals surface area contributed by atoms with E-state index in [1.54, 1.807) is 36.4 Å². The van der Waals surface area contributed by atoms with Gasteiger partial charge in [-0.2, -0.15) is 0 Å². The zero-order valence-corrected chi connectivity index (χ0v) is 15.7. The van der Waals surface area contributed by atoms with E-state index in [4.69, 9.17) is 10.2 Å². The first-order valence-electron chi connectivity index (χ1n) is 8.16. The number of nitrogens with zero attached hydrogens (tertiary/aromatic N) is 1. The lowest BCUT2D eigenvalue weighted by Gasteiger charge is -2.07. The molecule has 0 fully saturated rings. The topological polar surface area (TPSA) is 136 Å². The van der Waals surface area contributed by atoms with Crippen LogP contribution in [0.25, 0.3) is 0 Å². The van der Waals surface area contributed by atoms with Crippen molar-refractivity contribution in [2.45, 2.75) is 11.4 Å². The van der Waals surface area contributed by atoms with Crippen LogP contribution in [-0.2, 0) is 23.6 Å². The van der Waals surface area contributed by atoms with E-state index in [0.29, 0.717) is 11.3 Å². The molecule has 0 radical (unpaired) electrons. The third-order valence-corrected chi connectivity index (χ3v) is 5.33. The molecule has 10 heteroatoms. The van der Waals surface area contributed by atoms with E-state index in [1.165, 1.54) is 30.1 Å². The van der Waals surface area contributed by atoms with E-state index in [0.717, 1.165) is 0 Å². The fourth-order valence-corrected chi connectivity index (χ4v) is 3.58. The molecule has 0 saturated heterocycles. The monoisotopic (exact) mass is 402 g/mol. The van der Waals surface area contributed by atoms with Crippen LogP contribution in [0.5, 0.6) is 0 Å². The molecular formula is C18H18N4O5S. The van der Waals surface area contributed by atoms with Gasteiger partial charge < -0.3 is 20.0 Å². The fraction of sp³-hybridized carbons (Fsp3) is 0.111. The van der Waals surface area contributed by atoms with Crippen LogP contribution in [0.4, 0.5) is 5.69 Å². The average molecular weight is 402 g/mol. The van der Waals surface area contributed by atoms with Crippen LogP contribution in [-0.4, -0.2) is 24.8 Å². The van der Waals surface area contributed by atoms with E-state index in [1.807, 2.05) is 0 Å². The molecule has 146 valence electrons. The summed E-state index contributed by atoms with van der Waals surface area (Å²) in [6.45, 7) is 0.0372. The number of hydrogen-bond acceptors (Lipinski definition) is 5. The van der Waals surface area contributed by atoms with Crippen molar-refractivity contribution < 1.29 is 22.4 Å². The Bertz CT molecular complexity index is 1100. The first-order chi connectivity index (χ1) is 13.3. The summed E-state index contributed by atoms with van der Waals surface area (Å²) in [4.78, 5) is 23.1. The molecule has 2 amide bonds. The Morgan fingerprint density at radius 2 is 1.89 bits per heavy atom. The summed E-state index contributed by atoms with van der Waals surface area (Å²) in [5.74, 6) is -0.904. The van der Waals surface area contributed by atoms with Gasteiger partial charge in [-0.05, 0) is 35.9 Å². The Kier molecular flexibility index (Phi) is 5.34. The maximum Gasteiger partial charge on any atom is 0.291 e. The number of amides is 2. The normalized spacial score (nSPS) is 11.3. The summed E-state index contributed by atoms with van der Waals surface area (Å²) >= 11 is 0. The minimum absolute atomic E-state index is 0.0372. The molecule has 0 aliphatic carbocycles. The second kappa shape index (κ2) is 7.71. The van der Waals surface area contributed by atoms with Crippen LogP contribution in [0.3, 0.4) is 0 Å². The summed E-state index contributed by atoms with van der Waals surface area (Å²) < 4.78 is 33.6. The Balaban J connectivity index is 1.63. The van der Waals surface area contributed by atoms with Gasteiger partial charge in [0.15, 0.2) is 5.76 Å². The van der Waals surface area contributed by atoms with Gasteiger partial charge in [-0.15, -0.1) is 0 Å². The number of carbonyl (C=O) groups is 2. The molecule has 1 aromatic carbocycles. The largest absolute Gasteiger partial charge is 0.459 e. The minimum Gasteiger partial charge on any atom is -0.459 e. The van der Waals surface area contributed by atoms with Crippen LogP contribution >= 0.6 is 0 Å². The zero-order chi connectivity index (χ0) is 20.3. The highest BCUT2D eigenvalue weighted by Crippen LogP contribution is 2.15. The summed E-state index contributed by atoms with van der Waals surface area (Å²) in [7, 11) is -2.28. The van der Waals surface area contributed by atoms with Gasteiger partial charge >= 0.3 is 0 Å². The molecule has 3 aromatic rings. The van der Waals surface area contributed by atoms with Crippen LogP contribution in [0.2, 0.25) is 0 Å². The number of primary amides is 1. The van der Waals surface area contributed by atoms with Crippen molar-refractivity contribution in [1.29, 1.82) is 0 Å². The molecular weight excluding hydrogens is 384 g/mol. The molecule has 2 heterocycles. The number of aryl methyl sites for hydroxylation is 1. The first-order valence-corrected chi connectivity index (χ1v) is 9.64. The number of furan rings is 1. The zero-order valence-electron chi connectivity index (χ0n) is 14.9. The molecule has 4 N–H and O–H groups in total. The Hall–Kier alpha value is -3.37. The Morgan fingerprint density at radius 3 is 2.46 bits per heavy atom. The standard InChI is InChI=1S/C18H18N4O5S/c1-22-11-14(9-15(22)17(19)23)28(25,26)20-10-12-4-6-13(7-5-12)21-18(24)16-3-2-8-27-16/h2-9,11,20H,10H2,1H3,(H2,19,23)(H,21,24). The number of carbonyl (C=O) groups excluding carboxylic acids is 2. The van der Waals surface area contributed by atoms with E-state index in [2.05, 4.69) is 10.0 Å². The average Bonchev–Trinajstić information content (AvgIpc) is 3.31. The predicted molar refractivity (Wildman–Crippen MR) is 101 cm³/mol. The molecule has 9 nitrogen and oxygen atoms in total. The smallest absolute Gasteiger partial charge is 0.291 e. The number of sulfonamides is 1. The molecule has 0 spiro atoms.